The van der Waals surface area contributed by atoms with E-state index in [1.807, 2.05) is 12.4 Å². The van der Waals surface area contributed by atoms with Gasteiger partial charge in [0.25, 0.3) is 0 Å². The quantitative estimate of drug-likeness (QED) is 0.846. The van der Waals surface area contributed by atoms with Crippen LogP contribution in [0.2, 0.25) is 0 Å². The van der Waals surface area contributed by atoms with E-state index in [0.29, 0.717) is 0 Å². The van der Waals surface area contributed by atoms with Crippen molar-refractivity contribution in [3.63, 3.8) is 0 Å². The van der Waals surface area contributed by atoms with Crippen molar-refractivity contribution in [1.82, 2.24) is 9.55 Å². The van der Waals surface area contributed by atoms with E-state index in [1.165, 1.54) is 18.4 Å². The molecule has 0 atom stereocenters. The van der Waals surface area contributed by atoms with Gasteiger partial charge >= 0.3 is 0 Å². The highest BCUT2D eigenvalue weighted by Gasteiger charge is 2.02. The van der Waals surface area contributed by atoms with E-state index in [0.717, 1.165) is 18.2 Å². The van der Waals surface area contributed by atoms with Crippen molar-refractivity contribution in [2.75, 3.05) is 5.32 Å². The van der Waals surface area contributed by atoms with Gasteiger partial charge in [-0.2, -0.15) is 0 Å². The van der Waals surface area contributed by atoms with Gasteiger partial charge in [0.15, 0.2) is 0 Å². The molecule has 17 heavy (non-hydrogen) atoms. The Morgan fingerprint density at radius 3 is 2.71 bits per heavy atom. The minimum absolute atomic E-state index is 0.919. The van der Waals surface area contributed by atoms with E-state index in [-0.39, 0.29) is 0 Å². The van der Waals surface area contributed by atoms with Crippen molar-refractivity contribution in [1.29, 1.82) is 0 Å². The van der Waals surface area contributed by atoms with Crippen LogP contribution in [0.5, 0.6) is 0 Å². The number of anilines is 2. The predicted octanol–water partition coefficient (Wildman–Crippen LogP) is 3.74. The van der Waals surface area contributed by atoms with Gasteiger partial charge in [-0.3, -0.25) is 0 Å². The van der Waals surface area contributed by atoms with Crippen LogP contribution >= 0.6 is 0 Å². The largest absolute Gasteiger partial charge is 0.326 e. The average Bonchev–Trinajstić information content (AvgIpc) is 2.77. The molecule has 0 aliphatic rings. The molecular weight excluding hydrogens is 210 g/mol. The first kappa shape index (κ1) is 11.7. The van der Waals surface area contributed by atoms with Crippen molar-refractivity contribution in [3.05, 3.63) is 42.2 Å². The fourth-order valence-corrected chi connectivity index (χ4v) is 1.71. The van der Waals surface area contributed by atoms with E-state index >= 15 is 0 Å². The summed E-state index contributed by atoms with van der Waals surface area (Å²) in [5.74, 6) is 0.919. The third-order valence-electron chi connectivity index (χ3n) is 2.78. The summed E-state index contributed by atoms with van der Waals surface area (Å²) in [6.07, 6.45) is 6.24. The Kier molecular flexibility index (Phi) is 3.81. The summed E-state index contributed by atoms with van der Waals surface area (Å²) in [7, 11) is 0. The van der Waals surface area contributed by atoms with Crippen LogP contribution in [0.25, 0.3) is 0 Å². The summed E-state index contributed by atoms with van der Waals surface area (Å²) in [6, 6.07) is 8.35. The molecule has 2 rings (SSSR count). The molecule has 2 aromatic rings. The monoisotopic (exact) mass is 229 g/mol. The molecule has 0 radical (unpaired) electrons. The maximum Gasteiger partial charge on any atom is 0.207 e. The Balaban J connectivity index is 2.07. The first-order chi connectivity index (χ1) is 8.29. The van der Waals surface area contributed by atoms with E-state index in [9.17, 15) is 0 Å². The molecule has 0 fully saturated rings. The first-order valence-electron chi connectivity index (χ1n) is 6.14. The lowest BCUT2D eigenvalue weighted by Crippen LogP contribution is -2.03. The van der Waals surface area contributed by atoms with E-state index in [4.69, 9.17) is 0 Å². The maximum atomic E-state index is 4.34. The standard InChI is InChI=1S/C14H19N3/c1-3-4-10-17-11-9-15-14(17)16-13-7-5-12(2)6-8-13/h5-9,11H,3-4,10H2,1-2H3,(H,15,16). The molecule has 3 nitrogen and oxygen atoms in total. The SMILES string of the molecule is CCCCn1ccnc1Nc1ccc(C)cc1. The van der Waals surface area contributed by atoms with Crippen LogP contribution in [-0.4, -0.2) is 9.55 Å². The first-order valence-corrected chi connectivity index (χ1v) is 6.14. The van der Waals surface area contributed by atoms with E-state index in [1.54, 1.807) is 0 Å². The number of unbranched alkanes of at least 4 members (excludes halogenated alkanes) is 1. The van der Waals surface area contributed by atoms with Gasteiger partial charge in [0.05, 0.1) is 0 Å². The lowest BCUT2D eigenvalue weighted by atomic mass is 10.2. The highest BCUT2D eigenvalue weighted by atomic mass is 15.2. The van der Waals surface area contributed by atoms with Crippen LogP contribution in [0, 0.1) is 6.92 Å². The Morgan fingerprint density at radius 1 is 1.24 bits per heavy atom. The maximum absolute atomic E-state index is 4.34. The Bertz CT molecular complexity index is 457. The Labute approximate surface area is 103 Å². The number of aromatic nitrogens is 2. The summed E-state index contributed by atoms with van der Waals surface area (Å²) in [5, 5.41) is 3.34. The van der Waals surface area contributed by atoms with Crippen LogP contribution in [0.3, 0.4) is 0 Å². The zero-order valence-electron chi connectivity index (χ0n) is 10.5. The number of rotatable bonds is 5. The lowest BCUT2D eigenvalue weighted by Gasteiger charge is -2.09. The van der Waals surface area contributed by atoms with Crippen molar-refractivity contribution >= 4 is 11.6 Å². The van der Waals surface area contributed by atoms with Crippen LogP contribution < -0.4 is 5.32 Å². The second-order valence-electron chi connectivity index (χ2n) is 4.29. The molecule has 0 amide bonds. The topological polar surface area (TPSA) is 29.9 Å². The average molecular weight is 229 g/mol. The molecule has 1 heterocycles. The number of nitrogens with one attached hydrogen (secondary N) is 1. The molecule has 0 saturated heterocycles. The number of benzene rings is 1. The summed E-state index contributed by atoms with van der Waals surface area (Å²) >= 11 is 0. The van der Waals surface area contributed by atoms with Gasteiger partial charge in [-0.1, -0.05) is 31.0 Å². The number of aryl methyl sites for hydroxylation is 2. The van der Waals surface area contributed by atoms with Gasteiger partial charge in [0.2, 0.25) is 5.95 Å². The molecule has 1 N–H and O–H groups in total. The van der Waals surface area contributed by atoms with Gasteiger partial charge in [-0.25, -0.2) is 4.98 Å². The molecule has 0 spiro atoms. The summed E-state index contributed by atoms with van der Waals surface area (Å²) in [4.78, 5) is 4.34. The fraction of sp³-hybridized carbons (Fsp3) is 0.357. The second kappa shape index (κ2) is 5.53. The Morgan fingerprint density at radius 2 is 2.00 bits per heavy atom. The minimum atomic E-state index is 0.919. The minimum Gasteiger partial charge on any atom is -0.326 e. The number of nitrogens with zero attached hydrogens (tertiary/aromatic N) is 2. The molecule has 0 bridgehead atoms. The van der Waals surface area contributed by atoms with Crippen LogP contribution in [0.4, 0.5) is 11.6 Å². The third-order valence-corrected chi connectivity index (χ3v) is 2.78. The molecule has 0 unspecified atom stereocenters. The molecule has 3 heteroatoms. The Hall–Kier alpha value is -1.77. The number of imidazole rings is 1. The molecule has 90 valence electrons. The smallest absolute Gasteiger partial charge is 0.207 e. The lowest BCUT2D eigenvalue weighted by molar-refractivity contribution is 0.638. The van der Waals surface area contributed by atoms with E-state index < -0.39 is 0 Å². The van der Waals surface area contributed by atoms with Crippen LogP contribution in [-0.2, 0) is 6.54 Å². The molecule has 1 aromatic heterocycles. The molecule has 0 aliphatic carbocycles. The highest BCUT2D eigenvalue weighted by molar-refractivity contribution is 5.53. The van der Waals surface area contributed by atoms with Gasteiger partial charge in [0, 0.05) is 24.6 Å². The summed E-state index contributed by atoms with van der Waals surface area (Å²) in [6.45, 7) is 5.31. The zero-order valence-corrected chi connectivity index (χ0v) is 10.5. The second-order valence-corrected chi connectivity index (χ2v) is 4.29. The molecule has 0 saturated carbocycles. The van der Waals surface area contributed by atoms with Gasteiger partial charge < -0.3 is 9.88 Å². The van der Waals surface area contributed by atoms with Gasteiger partial charge in [-0.05, 0) is 25.5 Å². The van der Waals surface area contributed by atoms with E-state index in [2.05, 4.69) is 53.0 Å². The predicted molar refractivity (Wildman–Crippen MR) is 71.6 cm³/mol. The number of hydrogen-bond acceptors (Lipinski definition) is 2. The van der Waals surface area contributed by atoms with Gasteiger partial charge in [0.1, 0.15) is 0 Å². The zero-order chi connectivity index (χ0) is 12.1. The highest BCUT2D eigenvalue weighted by Crippen LogP contribution is 2.15. The van der Waals surface area contributed by atoms with Crippen molar-refractivity contribution in [3.8, 4) is 0 Å². The van der Waals surface area contributed by atoms with Crippen molar-refractivity contribution < 1.29 is 0 Å². The third kappa shape index (κ3) is 3.09. The summed E-state index contributed by atoms with van der Waals surface area (Å²) < 4.78 is 2.16. The van der Waals surface area contributed by atoms with Crippen LogP contribution in [0.15, 0.2) is 36.7 Å². The molecular formula is C14H19N3. The molecule has 0 aliphatic heterocycles. The fourth-order valence-electron chi connectivity index (χ4n) is 1.71. The molecule has 1 aromatic carbocycles. The van der Waals surface area contributed by atoms with Crippen LogP contribution in [0.1, 0.15) is 25.3 Å². The number of hydrogen-bond donors (Lipinski definition) is 1. The van der Waals surface area contributed by atoms with Crippen molar-refractivity contribution in [2.24, 2.45) is 0 Å². The van der Waals surface area contributed by atoms with Crippen molar-refractivity contribution in [2.45, 2.75) is 33.2 Å². The summed E-state index contributed by atoms with van der Waals surface area (Å²) in [5.41, 5.74) is 2.35. The van der Waals surface area contributed by atoms with Gasteiger partial charge in [-0.15, -0.1) is 0 Å². The normalized spacial score (nSPS) is 10.5.